The van der Waals surface area contributed by atoms with Gasteiger partial charge in [-0.3, -0.25) is 9.59 Å². The van der Waals surface area contributed by atoms with E-state index in [0.29, 0.717) is 5.75 Å². The van der Waals surface area contributed by atoms with Crippen molar-refractivity contribution in [1.29, 1.82) is 0 Å². The lowest BCUT2D eigenvalue weighted by Gasteiger charge is -2.26. The van der Waals surface area contributed by atoms with Crippen LogP contribution in [0, 0.1) is 0 Å². The fourth-order valence-electron chi connectivity index (χ4n) is 1.23. The van der Waals surface area contributed by atoms with E-state index in [1.807, 2.05) is 0 Å². The predicted octanol–water partition coefficient (Wildman–Crippen LogP) is -0.610. The van der Waals surface area contributed by atoms with Gasteiger partial charge in [0.15, 0.2) is 0 Å². The SMILES string of the molecule is CC(CO)N1C(=O)SCC1C(N)=O. The number of nitrogens with two attached hydrogens (primary N) is 1. The number of aliphatic hydroxyl groups excluding tert-OH is 1. The standard InChI is InChI=1S/C7H12N2O3S/c1-4(2-10)9-5(6(8)11)3-13-7(9)12/h4-5,10H,2-3H2,1H3,(H2,8,11). The molecule has 1 rings (SSSR count). The highest BCUT2D eigenvalue weighted by Crippen LogP contribution is 2.25. The molecule has 0 aromatic carbocycles. The van der Waals surface area contributed by atoms with E-state index in [1.54, 1.807) is 6.92 Å². The van der Waals surface area contributed by atoms with Crippen LogP contribution in [0.3, 0.4) is 0 Å². The Morgan fingerprint density at radius 1 is 1.92 bits per heavy atom. The molecule has 3 N–H and O–H groups in total. The summed E-state index contributed by atoms with van der Waals surface area (Å²) in [7, 11) is 0. The average molecular weight is 204 g/mol. The van der Waals surface area contributed by atoms with Gasteiger partial charge in [-0.1, -0.05) is 11.8 Å². The van der Waals surface area contributed by atoms with E-state index in [4.69, 9.17) is 10.8 Å². The molecular formula is C7H12N2O3S. The van der Waals surface area contributed by atoms with Gasteiger partial charge < -0.3 is 15.7 Å². The molecule has 0 spiro atoms. The van der Waals surface area contributed by atoms with Gasteiger partial charge in [0.2, 0.25) is 5.91 Å². The van der Waals surface area contributed by atoms with Crippen LogP contribution in [0.25, 0.3) is 0 Å². The lowest BCUT2D eigenvalue weighted by molar-refractivity contribution is -0.121. The van der Waals surface area contributed by atoms with Crippen LogP contribution < -0.4 is 5.73 Å². The Balaban J connectivity index is 2.76. The third-order valence-corrected chi connectivity index (χ3v) is 2.92. The molecule has 0 saturated carbocycles. The number of hydrogen-bond donors (Lipinski definition) is 2. The molecular weight excluding hydrogens is 192 g/mol. The van der Waals surface area contributed by atoms with Gasteiger partial charge in [0, 0.05) is 5.75 Å². The molecule has 2 amide bonds. The van der Waals surface area contributed by atoms with Crippen LogP contribution in [0.4, 0.5) is 4.79 Å². The van der Waals surface area contributed by atoms with Crippen molar-refractivity contribution in [1.82, 2.24) is 4.90 Å². The Hall–Kier alpha value is -0.750. The highest BCUT2D eigenvalue weighted by Gasteiger charge is 2.38. The van der Waals surface area contributed by atoms with Gasteiger partial charge >= 0.3 is 0 Å². The molecule has 2 unspecified atom stereocenters. The summed E-state index contributed by atoms with van der Waals surface area (Å²) in [5.41, 5.74) is 5.12. The first kappa shape index (κ1) is 10.3. The molecule has 1 fully saturated rings. The van der Waals surface area contributed by atoms with E-state index < -0.39 is 11.9 Å². The van der Waals surface area contributed by atoms with Crippen LogP contribution in [0.5, 0.6) is 0 Å². The van der Waals surface area contributed by atoms with Crippen molar-refractivity contribution in [2.75, 3.05) is 12.4 Å². The molecule has 1 heterocycles. The number of primary amides is 1. The van der Waals surface area contributed by atoms with Gasteiger partial charge in [0.25, 0.3) is 5.24 Å². The first-order chi connectivity index (χ1) is 6.07. The second-order valence-corrected chi connectivity index (χ2v) is 3.91. The quantitative estimate of drug-likeness (QED) is 0.642. The van der Waals surface area contributed by atoms with Crippen molar-refractivity contribution in [3.05, 3.63) is 0 Å². The predicted molar refractivity (Wildman–Crippen MR) is 49.2 cm³/mol. The number of carbonyl (C=O) groups excluding carboxylic acids is 2. The second kappa shape index (κ2) is 3.97. The van der Waals surface area contributed by atoms with Crippen LogP contribution >= 0.6 is 11.8 Å². The van der Waals surface area contributed by atoms with Crippen LogP contribution in [-0.4, -0.2) is 45.6 Å². The van der Waals surface area contributed by atoms with Crippen molar-refractivity contribution in [3.63, 3.8) is 0 Å². The van der Waals surface area contributed by atoms with E-state index in [-0.39, 0.29) is 17.9 Å². The van der Waals surface area contributed by atoms with Crippen molar-refractivity contribution in [2.45, 2.75) is 19.0 Å². The van der Waals surface area contributed by atoms with E-state index in [2.05, 4.69) is 0 Å². The normalized spacial score (nSPS) is 24.9. The largest absolute Gasteiger partial charge is 0.394 e. The second-order valence-electron chi connectivity index (χ2n) is 2.93. The van der Waals surface area contributed by atoms with Crippen molar-refractivity contribution in [3.8, 4) is 0 Å². The van der Waals surface area contributed by atoms with E-state index >= 15 is 0 Å². The average Bonchev–Trinajstić information content (AvgIpc) is 2.46. The summed E-state index contributed by atoms with van der Waals surface area (Å²) >= 11 is 1.06. The summed E-state index contributed by atoms with van der Waals surface area (Å²) in [6.45, 7) is 1.52. The maximum absolute atomic E-state index is 11.3. The molecule has 5 nitrogen and oxygen atoms in total. The lowest BCUT2D eigenvalue weighted by Crippen LogP contribution is -2.48. The van der Waals surface area contributed by atoms with E-state index in [9.17, 15) is 9.59 Å². The van der Waals surface area contributed by atoms with Crippen LogP contribution in [0.15, 0.2) is 0 Å². The monoisotopic (exact) mass is 204 g/mol. The molecule has 1 aliphatic rings. The number of carbonyl (C=O) groups is 2. The molecule has 6 heteroatoms. The smallest absolute Gasteiger partial charge is 0.282 e. The molecule has 0 aliphatic carbocycles. The third-order valence-electron chi connectivity index (χ3n) is 1.98. The summed E-state index contributed by atoms with van der Waals surface area (Å²) in [6.07, 6.45) is 0. The maximum Gasteiger partial charge on any atom is 0.282 e. The van der Waals surface area contributed by atoms with Crippen LogP contribution in [0.2, 0.25) is 0 Å². The molecule has 74 valence electrons. The molecule has 1 saturated heterocycles. The minimum Gasteiger partial charge on any atom is -0.394 e. The third kappa shape index (κ3) is 1.94. The molecule has 0 aromatic heterocycles. The molecule has 2 atom stereocenters. The van der Waals surface area contributed by atoms with Crippen molar-refractivity contribution < 1.29 is 14.7 Å². The first-order valence-electron chi connectivity index (χ1n) is 3.93. The molecule has 0 radical (unpaired) electrons. The topological polar surface area (TPSA) is 83.6 Å². The van der Waals surface area contributed by atoms with Gasteiger partial charge in [-0.15, -0.1) is 0 Å². The summed E-state index contributed by atoms with van der Waals surface area (Å²) in [5.74, 6) is -0.128. The summed E-state index contributed by atoms with van der Waals surface area (Å²) in [6, 6.07) is -0.917. The summed E-state index contributed by atoms with van der Waals surface area (Å²) in [4.78, 5) is 23.5. The zero-order chi connectivity index (χ0) is 10.0. The number of thioether (sulfide) groups is 1. The summed E-state index contributed by atoms with van der Waals surface area (Å²) < 4.78 is 0. The Kier molecular flexibility index (Phi) is 3.16. The van der Waals surface area contributed by atoms with E-state index in [1.165, 1.54) is 4.90 Å². The van der Waals surface area contributed by atoms with E-state index in [0.717, 1.165) is 11.8 Å². The minimum absolute atomic E-state index is 0.157. The van der Waals surface area contributed by atoms with Crippen LogP contribution in [-0.2, 0) is 4.79 Å². The number of nitrogens with zero attached hydrogens (tertiary/aromatic N) is 1. The number of hydrogen-bond acceptors (Lipinski definition) is 4. The number of rotatable bonds is 3. The van der Waals surface area contributed by atoms with Crippen molar-refractivity contribution >= 4 is 22.9 Å². The molecule has 0 bridgehead atoms. The van der Waals surface area contributed by atoms with Gasteiger partial charge in [0.1, 0.15) is 6.04 Å². The highest BCUT2D eigenvalue weighted by molar-refractivity contribution is 8.13. The Bertz CT molecular complexity index is 234. The fraction of sp³-hybridized carbons (Fsp3) is 0.714. The van der Waals surface area contributed by atoms with Crippen LogP contribution in [0.1, 0.15) is 6.92 Å². The number of amides is 2. The highest BCUT2D eigenvalue weighted by atomic mass is 32.2. The van der Waals surface area contributed by atoms with Crippen molar-refractivity contribution in [2.24, 2.45) is 5.73 Å². The Morgan fingerprint density at radius 3 is 3.00 bits per heavy atom. The summed E-state index contributed by atoms with van der Waals surface area (Å²) in [5, 5.41) is 8.67. The molecule has 13 heavy (non-hydrogen) atoms. The lowest BCUT2D eigenvalue weighted by atomic mass is 10.2. The Labute approximate surface area is 80.3 Å². The zero-order valence-corrected chi connectivity index (χ0v) is 8.08. The van der Waals surface area contributed by atoms with Gasteiger partial charge in [0.05, 0.1) is 12.6 Å². The minimum atomic E-state index is -0.570. The molecule has 1 aliphatic heterocycles. The van der Waals surface area contributed by atoms with Gasteiger partial charge in [-0.25, -0.2) is 0 Å². The number of aliphatic hydroxyl groups is 1. The van der Waals surface area contributed by atoms with Gasteiger partial charge in [-0.2, -0.15) is 0 Å². The molecule has 0 aromatic rings. The first-order valence-corrected chi connectivity index (χ1v) is 4.91. The maximum atomic E-state index is 11.3. The Morgan fingerprint density at radius 2 is 2.54 bits per heavy atom. The fourth-order valence-corrected chi connectivity index (χ4v) is 2.31. The zero-order valence-electron chi connectivity index (χ0n) is 7.27. The van der Waals surface area contributed by atoms with Gasteiger partial charge in [-0.05, 0) is 6.92 Å².